The van der Waals surface area contributed by atoms with E-state index in [9.17, 15) is 13.6 Å². The summed E-state index contributed by atoms with van der Waals surface area (Å²) in [6.07, 6.45) is 5.67. The molecule has 1 unspecified atom stereocenters. The molecule has 3 rings (SSSR count). The fourth-order valence-corrected chi connectivity index (χ4v) is 4.07. The lowest BCUT2D eigenvalue weighted by Crippen LogP contribution is -2.42. The number of nitrogens with zero attached hydrogens (tertiary/aromatic N) is 3. The van der Waals surface area contributed by atoms with Crippen molar-refractivity contribution in [1.29, 1.82) is 0 Å². The molecule has 2 aromatic rings. The van der Waals surface area contributed by atoms with Gasteiger partial charge in [-0.25, -0.2) is 0 Å². The zero-order valence-electron chi connectivity index (χ0n) is 15.8. The Balaban J connectivity index is 1.59. The van der Waals surface area contributed by atoms with Crippen molar-refractivity contribution in [2.45, 2.75) is 62.2 Å². The average molecular weight is 411 g/mol. The number of benzene rings is 1. The van der Waals surface area contributed by atoms with Crippen LogP contribution in [0.15, 0.2) is 33.9 Å². The van der Waals surface area contributed by atoms with Crippen LogP contribution in [0.25, 0.3) is 11.5 Å². The molecule has 1 aliphatic rings. The smallest absolute Gasteiger partial charge is 0.387 e. The highest BCUT2D eigenvalue weighted by molar-refractivity contribution is 8.00. The molecule has 0 bridgehead atoms. The summed E-state index contributed by atoms with van der Waals surface area (Å²) < 4.78 is 34.4. The molecule has 0 spiro atoms. The lowest BCUT2D eigenvalue weighted by atomic mass is 9.94. The lowest BCUT2D eigenvalue weighted by Gasteiger charge is -2.32. The Morgan fingerprint density at radius 1 is 1.21 bits per heavy atom. The van der Waals surface area contributed by atoms with Gasteiger partial charge in [0.05, 0.1) is 5.25 Å². The maximum absolute atomic E-state index is 12.7. The first-order valence-electron chi connectivity index (χ1n) is 9.26. The van der Waals surface area contributed by atoms with Crippen LogP contribution in [-0.4, -0.2) is 46.0 Å². The third kappa shape index (κ3) is 5.21. The second-order valence-electron chi connectivity index (χ2n) is 6.78. The van der Waals surface area contributed by atoms with Crippen LogP contribution in [0.4, 0.5) is 8.78 Å². The Labute approximate surface area is 166 Å². The second-order valence-corrected chi connectivity index (χ2v) is 8.07. The molecule has 1 amide bonds. The minimum atomic E-state index is -2.87. The van der Waals surface area contributed by atoms with Crippen molar-refractivity contribution in [1.82, 2.24) is 15.1 Å². The number of alkyl halides is 2. The van der Waals surface area contributed by atoms with Gasteiger partial charge in [0.2, 0.25) is 11.8 Å². The van der Waals surface area contributed by atoms with Crippen molar-refractivity contribution in [3.05, 3.63) is 24.3 Å². The van der Waals surface area contributed by atoms with Crippen LogP contribution in [0.1, 0.15) is 39.0 Å². The molecule has 0 radical (unpaired) electrons. The Morgan fingerprint density at radius 3 is 2.54 bits per heavy atom. The standard InChI is InChI=1S/C19H23F2N3O3S/c1-12(17(25)24(2)14-6-4-3-5-7-14)28-19-23-22-16(27-19)13-8-10-15(11-9-13)26-18(20)21/h8-12,14,18H,3-7H2,1-2H3. The van der Waals surface area contributed by atoms with Gasteiger partial charge in [0.25, 0.3) is 5.22 Å². The van der Waals surface area contributed by atoms with Crippen molar-refractivity contribution in [3.8, 4) is 17.2 Å². The zero-order chi connectivity index (χ0) is 20.1. The molecular formula is C19H23F2N3O3S. The predicted octanol–water partition coefficient (Wildman–Crippen LogP) is 4.61. The molecule has 1 saturated carbocycles. The molecule has 9 heteroatoms. The minimum absolute atomic E-state index is 0.0464. The first kappa shape index (κ1) is 20.6. The first-order valence-corrected chi connectivity index (χ1v) is 10.1. The third-order valence-corrected chi connectivity index (χ3v) is 5.75. The number of amides is 1. The Morgan fingerprint density at radius 2 is 1.89 bits per heavy atom. The molecule has 0 N–H and O–H groups in total. The van der Waals surface area contributed by atoms with Crippen LogP contribution in [0, 0.1) is 0 Å². The quantitative estimate of drug-likeness (QED) is 0.620. The number of thioether (sulfide) groups is 1. The van der Waals surface area contributed by atoms with Crippen LogP contribution in [0.3, 0.4) is 0 Å². The molecule has 1 atom stereocenters. The van der Waals surface area contributed by atoms with Crippen molar-refractivity contribution < 1.29 is 22.7 Å². The normalized spacial score (nSPS) is 16.2. The van der Waals surface area contributed by atoms with Crippen LogP contribution < -0.4 is 4.74 Å². The van der Waals surface area contributed by atoms with E-state index in [0.717, 1.165) is 25.7 Å². The van der Waals surface area contributed by atoms with E-state index in [4.69, 9.17) is 4.42 Å². The van der Waals surface area contributed by atoms with E-state index < -0.39 is 6.61 Å². The summed E-state index contributed by atoms with van der Waals surface area (Å²) in [7, 11) is 1.86. The molecule has 0 saturated heterocycles. The van der Waals surface area contributed by atoms with Gasteiger partial charge in [0, 0.05) is 18.7 Å². The van der Waals surface area contributed by atoms with Crippen LogP contribution in [0.5, 0.6) is 5.75 Å². The fourth-order valence-electron chi connectivity index (χ4n) is 3.29. The SMILES string of the molecule is CC(Sc1nnc(-c2ccc(OC(F)F)cc2)o1)C(=O)N(C)C1CCCCC1. The summed E-state index contributed by atoms with van der Waals surface area (Å²) in [6, 6.07) is 6.24. The van der Waals surface area contributed by atoms with Gasteiger partial charge in [0.15, 0.2) is 0 Å². The van der Waals surface area contributed by atoms with Gasteiger partial charge in [-0.2, -0.15) is 8.78 Å². The summed E-state index contributed by atoms with van der Waals surface area (Å²) >= 11 is 1.22. The monoisotopic (exact) mass is 411 g/mol. The van der Waals surface area contributed by atoms with Crippen LogP contribution in [-0.2, 0) is 4.79 Å². The molecular weight excluding hydrogens is 388 g/mol. The maximum atomic E-state index is 12.7. The lowest BCUT2D eigenvalue weighted by molar-refractivity contribution is -0.131. The number of carbonyl (C=O) groups excluding carboxylic acids is 1. The molecule has 6 nitrogen and oxygen atoms in total. The van der Waals surface area contributed by atoms with Crippen LogP contribution in [0.2, 0.25) is 0 Å². The molecule has 0 aliphatic heterocycles. The van der Waals surface area contributed by atoms with E-state index in [1.807, 2.05) is 18.9 Å². The van der Waals surface area contributed by atoms with E-state index in [0.29, 0.717) is 16.8 Å². The number of hydrogen-bond donors (Lipinski definition) is 0. The van der Waals surface area contributed by atoms with Crippen molar-refractivity contribution in [3.63, 3.8) is 0 Å². The molecule has 1 aromatic carbocycles. The van der Waals surface area contributed by atoms with Gasteiger partial charge < -0.3 is 14.1 Å². The maximum Gasteiger partial charge on any atom is 0.387 e. The predicted molar refractivity (Wildman–Crippen MR) is 101 cm³/mol. The Bertz CT molecular complexity index is 779. The molecule has 1 fully saturated rings. The fraction of sp³-hybridized carbons (Fsp3) is 0.526. The van der Waals surface area contributed by atoms with Gasteiger partial charge in [-0.1, -0.05) is 31.0 Å². The number of halogens is 2. The zero-order valence-corrected chi connectivity index (χ0v) is 16.6. The Hall–Kier alpha value is -2.16. The van der Waals surface area contributed by atoms with E-state index in [1.165, 1.54) is 30.3 Å². The molecule has 152 valence electrons. The van der Waals surface area contributed by atoms with E-state index in [1.54, 1.807) is 12.1 Å². The third-order valence-electron chi connectivity index (χ3n) is 4.83. The average Bonchev–Trinajstić information content (AvgIpc) is 3.16. The summed E-state index contributed by atoms with van der Waals surface area (Å²) in [5.74, 6) is 0.356. The highest BCUT2D eigenvalue weighted by Crippen LogP contribution is 2.29. The summed E-state index contributed by atoms with van der Waals surface area (Å²) in [5.41, 5.74) is 0.583. The second kappa shape index (κ2) is 9.36. The van der Waals surface area contributed by atoms with Gasteiger partial charge >= 0.3 is 6.61 Å². The largest absolute Gasteiger partial charge is 0.435 e. The highest BCUT2D eigenvalue weighted by atomic mass is 32.2. The summed E-state index contributed by atoms with van der Waals surface area (Å²) in [5, 5.41) is 7.90. The number of carbonyl (C=O) groups is 1. The van der Waals surface area contributed by atoms with Crippen molar-refractivity contribution >= 4 is 17.7 Å². The highest BCUT2D eigenvalue weighted by Gasteiger charge is 2.27. The van der Waals surface area contributed by atoms with Gasteiger partial charge in [-0.05, 0) is 44.0 Å². The summed E-state index contributed by atoms with van der Waals surface area (Å²) in [6.45, 7) is -1.05. The number of ether oxygens (including phenoxy) is 1. The van der Waals surface area contributed by atoms with E-state index >= 15 is 0 Å². The topological polar surface area (TPSA) is 68.5 Å². The number of rotatable bonds is 7. The number of aromatic nitrogens is 2. The van der Waals surface area contributed by atoms with Gasteiger partial charge in [0.1, 0.15) is 5.75 Å². The molecule has 1 aliphatic carbocycles. The summed E-state index contributed by atoms with van der Waals surface area (Å²) in [4.78, 5) is 14.5. The van der Waals surface area contributed by atoms with Crippen molar-refractivity contribution in [2.75, 3.05) is 7.05 Å². The van der Waals surface area contributed by atoms with Gasteiger partial charge in [-0.15, -0.1) is 10.2 Å². The number of hydrogen-bond acceptors (Lipinski definition) is 6. The van der Waals surface area contributed by atoms with E-state index in [-0.39, 0.29) is 22.8 Å². The molecule has 1 heterocycles. The Kier molecular flexibility index (Phi) is 6.88. The molecule has 28 heavy (non-hydrogen) atoms. The minimum Gasteiger partial charge on any atom is -0.435 e. The van der Waals surface area contributed by atoms with Crippen molar-refractivity contribution in [2.24, 2.45) is 0 Å². The van der Waals surface area contributed by atoms with Gasteiger partial charge in [-0.3, -0.25) is 4.79 Å². The van der Waals surface area contributed by atoms with E-state index in [2.05, 4.69) is 14.9 Å². The first-order chi connectivity index (χ1) is 13.4. The molecule has 1 aromatic heterocycles. The van der Waals surface area contributed by atoms with Crippen LogP contribution >= 0.6 is 11.8 Å².